The maximum atomic E-state index is 12.8. The van der Waals surface area contributed by atoms with Crippen LogP contribution >= 0.6 is 11.6 Å². The SMILES string of the molecule is O=C(NCC1(c2ccc(Cl)cc2)CCOCC1)C1=Cc2ccccc2OC1. The van der Waals surface area contributed by atoms with Gasteiger partial charge in [-0.15, -0.1) is 0 Å². The minimum atomic E-state index is -0.132. The van der Waals surface area contributed by atoms with E-state index in [2.05, 4.69) is 17.4 Å². The van der Waals surface area contributed by atoms with Crippen LogP contribution in [0.4, 0.5) is 0 Å². The summed E-state index contributed by atoms with van der Waals surface area (Å²) in [6.45, 7) is 2.24. The normalized spacial score (nSPS) is 18.0. The molecule has 0 unspecified atom stereocenters. The molecule has 1 fully saturated rings. The summed E-state index contributed by atoms with van der Waals surface area (Å²) >= 11 is 6.05. The van der Waals surface area contributed by atoms with E-state index in [1.165, 1.54) is 5.56 Å². The molecule has 1 amide bonds. The van der Waals surface area contributed by atoms with Gasteiger partial charge in [0.05, 0.1) is 5.57 Å². The highest BCUT2D eigenvalue weighted by molar-refractivity contribution is 6.30. The van der Waals surface area contributed by atoms with Gasteiger partial charge in [0.1, 0.15) is 12.4 Å². The van der Waals surface area contributed by atoms with E-state index in [-0.39, 0.29) is 11.3 Å². The first-order valence-corrected chi connectivity index (χ1v) is 9.59. The van der Waals surface area contributed by atoms with Crippen molar-refractivity contribution < 1.29 is 14.3 Å². The fraction of sp³-hybridized carbons (Fsp3) is 0.318. The molecule has 0 radical (unpaired) electrons. The highest BCUT2D eigenvalue weighted by Gasteiger charge is 2.35. The number of rotatable bonds is 4. The molecule has 2 heterocycles. The van der Waals surface area contributed by atoms with Crippen molar-refractivity contribution in [1.82, 2.24) is 5.32 Å². The van der Waals surface area contributed by atoms with Crippen molar-refractivity contribution in [2.45, 2.75) is 18.3 Å². The van der Waals surface area contributed by atoms with Gasteiger partial charge in [-0.25, -0.2) is 0 Å². The molecule has 0 saturated carbocycles. The van der Waals surface area contributed by atoms with E-state index in [0.29, 0.717) is 37.0 Å². The van der Waals surface area contributed by atoms with Gasteiger partial charge in [-0.2, -0.15) is 0 Å². The zero-order valence-corrected chi connectivity index (χ0v) is 15.8. The minimum absolute atomic E-state index is 0.0793. The van der Waals surface area contributed by atoms with Gasteiger partial charge < -0.3 is 14.8 Å². The van der Waals surface area contributed by atoms with Crippen LogP contribution in [0.1, 0.15) is 24.0 Å². The number of fused-ring (bicyclic) bond motifs is 1. The van der Waals surface area contributed by atoms with Crippen LogP contribution in [0.3, 0.4) is 0 Å². The third-order valence-electron chi connectivity index (χ3n) is 5.42. The topological polar surface area (TPSA) is 47.6 Å². The van der Waals surface area contributed by atoms with Crippen LogP contribution in [-0.4, -0.2) is 32.3 Å². The van der Waals surface area contributed by atoms with E-state index in [1.54, 1.807) is 0 Å². The van der Waals surface area contributed by atoms with Crippen molar-refractivity contribution in [3.8, 4) is 5.75 Å². The Labute approximate surface area is 164 Å². The first-order valence-electron chi connectivity index (χ1n) is 9.21. The molecular weight excluding hydrogens is 362 g/mol. The van der Waals surface area contributed by atoms with E-state index in [4.69, 9.17) is 21.1 Å². The number of hydrogen-bond donors (Lipinski definition) is 1. The number of hydrogen-bond acceptors (Lipinski definition) is 3. The third kappa shape index (κ3) is 3.87. The van der Waals surface area contributed by atoms with Gasteiger partial charge in [-0.3, -0.25) is 4.79 Å². The maximum absolute atomic E-state index is 12.8. The van der Waals surface area contributed by atoms with Crippen LogP contribution in [0.25, 0.3) is 6.08 Å². The molecule has 2 aromatic rings. The van der Waals surface area contributed by atoms with Crippen molar-refractivity contribution in [1.29, 1.82) is 0 Å². The van der Waals surface area contributed by atoms with Crippen LogP contribution in [0, 0.1) is 0 Å². The van der Waals surface area contributed by atoms with E-state index < -0.39 is 0 Å². The van der Waals surface area contributed by atoms with Gasteiger partial charge >= 0.3 is 0 Å². The highest BCUT2D eigenvalue weighted by atomic mass is 35.5. The standard InChI is InChI=1S/C22H22ClNO3/c23-19-7-5-18(6-8-19)22(9-11-26-12-10-22)15-24-21(25)17-13-16-3-1-2-4-20(16)27-14-17/h1-8,13H,9-12,14-15H2,(H,24,25). The molecule has 27 heavy (non-hydrogen) atoms. The van der Waals surface area contributed by atoms with Crippen molar-refractivity contribution in [2.24, 2.45) is 0 Å². The molecule has 2 aliphatic rings. The Morgan fingerprint density at radius 1 is 1.07 bits per heavy atom. The van der Waals surface area contributed by atoms with Crippen LogP contribution < -0.4 is 10.1 Å². The number of para-hydroxylation sites is 1. The minimum Gasteiger partial charge on any atom is -0.488 e. The summed E-state index contributed by atoms with van der Waals surface area (Å²) in [5, 5.41) is 3.85. The summed E-state index contributed by atoms with van der Waals surface area (Å²) in [5.74, 6) is 0.737. The summed E-state index contributed by atoms with van der Waals surface area (Å²) in [5.41, 5.74) is 2.64. The molecule has 0 atom stereocenters. The van der Waals surface area contributed by atoms with E-state index in [1.807, 2.05) is 42.5 Å². The zero-order valence-electron chi connectivity index (χ0n) is 15.0. The Morgan fingerprint density at radius 2 is 1.81 bits per heavy atom. The van der Waals surface area contributed by atoms with Crippen molar-refractivity contribution in [3.05, 3.63) is 70.3 Å². The number of amides is 1. The molecular formula is C22H22ClNO3. The van der Waals surface area contributed by atoms with Gasteiger partial charge in [0.25, 0.3) is 5.91 Å². The number of nitrogens with one attached hydrogen (secondary N) is 1. The monoisotopic (exact) mass is 383 g/mol. The fourth-order valence-corrected chi connectivity index (χ4v) is 3.87. The van der Waals surface area contributed by atoms with Crippen molar-refractivity contribution >= 4 is 23.6 Å². The lowest BCUT2D eigenvalue weighted by molar-refractivity contribution is -0.118. The Kier molecular flexibility index (Phi) is 5.19. The molecule has 4 rings (SSSR count). The predicted molar refractivity (Wildman–Crippen MR) is 106 cm³/mol. The third-order valence-corrected chi connectivity index (χ3v) is 5.67. The van der Waals surface area contributed by atoms with E-state index in [0.717, 1.165) is 24.2 Å². The lowest BCUT2D eigenvalue weighted by atomic mass is 9.74. The number of carbonyl (C=O) groups is 1. The second kappa shape index (κ2) is 7.75. The Bertz CT molecular complexity index is 854. The Hall–Kier alpha value is -2.30. The molecule has 1 N–H and O–H groups in total. The highest BCUT2D eigenvalue weighted by Crippen LogP contribution is 2.35. The van der Waals surface area contributed by atoms with Gasteiger partial charge in [0, 0.05) is 35.8 Å². The first-order chi connectivity index (χ1) is 13.2. The Morgan fingerprint density at radius 3 is 2.59 bits per heavy atom. The zero-order chi connectivity index (χ0) is 18.7. The van der Waals surface area contributed by atoms with Crippen LogP contribution in [-0.2, 0) is 14.9 Å². The molecule has 0 spiro atoms. The lowest BCUT2D eigenvalue weighted by Crippen LogP contribution is -2.45. The maximum Gasteiger partial charge on any atom is 0.250 e. The molecule has 140 valence electrons. The van der Waals surface area contributed by atoms with Gasteiger partial charge in [0.15, 0.2) is 0 Å². The predicted octanol–water partition coefficient (Wildman–Crippen LogP) is 3.98. The Balaban J connectivity index is 1.50. The summed E-state index contributed by atoms with van der Waals surface area (Å²) in [6, 6.07) is 15.7. The van der Waals surface area contributed by atoms with Crippen molar-refractivity contribution in [2.75, 3.05) is 26.4 Å². The summed E-state index contributed by atoms with van der Waals surface area (Å²) < 4.78 is 11.3. The van der Waals surface area contributed by atoms with E-state index >= 15 is 0 Å². The molecule has 0 aliphatic carbocycles. The number of benzene rings is 2. The average Bonchev–Trinajstić information content (AvgIpc) is 2.73. The summed E-state index contributed by atoms with van der Waals surface area (Å²) in [6.07, 6.45) is 3.65. The number of ether oxygens (including phenoxy) is 2. The van der Waals surface area contributed by atoms with Gasteiger partial charge in [-0.1, -0.05) is 41.9 Å². The summed E-state index contributed by atoms with van der Waals surface area (Å²) in [7, 11) is 0. The number of carbonyl (C=O) groups excluding carboxylic acids is 1. The largest absolute Gasteiger partial charge is 0.488 e. The molecule has 5 heteroatoms. The molecule has 2 aromatic carbocycles. The first kappa shape index (κ1) is 18.1. The molecule has 2 aliphatic heterocycles. The number of halogens is 1. The molecule has 0 aromatic heterocycles. The second-order valence-corrected chi connectivity index (χ2v) is 7.51. The average molecular weight is 384 g/mol. The fourth-order valence-electron chi connectivity index (χ4n) is 3.74. The molecule has 1 saturated heterocycles. The van der Waals surface area contributed by atoms with Crippen molar-refractivity contribution in [3.63, 3.8) is 0 Å². The van der Waals surface area contributed by atoms with Crippen LogP contribution in [0.15, 0.2) is 54.1 Å². The van der Waals surface area contributed by atoms with E-state index in [9.17, 15) is 4.79 Å². The van der Waals surface area contributed by atoms with Crippen LogP contribution in [0.2, 0.25) is 5.02 Å². The molecule has 4 nitrogen and oxygen atoms in total. The molecule has 0 bridgehead atoms. The van der Waals surface area contributed by atoms with Gasteiger partial charge in [-0.05, 0) is 42.7 Å². The lowest BCUT2D eigenvalue weighted by Gasteiger charge is -2.38. The van der Waals surface area contributed by atoms with Gasteiger partial charge in [0.2, 0.25) is 0 Å². The smallest absolute Gasteiger partial charge is 0.250 e. The summed E-state index contributed by atoms with van der Waals surface area (Å²) in [4.78, 5) is 12.8. The van der Waals surface area contributed by atoms with Crippen LogP contribution in [0.5, 0.6) is 5.75 Å². The quantitative estimate of drug-likeness (QED) is 0.868. The second-order valence-electron chi connectivity index (χ2n) is 7.08.